The molecule has 23 heavy (non-hydrogen) atoms. The fraction of sp³-hybridized carbons (Fsp3) is 0.200. The average Bonchev–Trinajstić information content (AvgIpc) is 2.52. The predicted octanol–water partition coefficient (Wildman–Crippen LogP) is 1.61. The minimum atomic E-state index is -3.97. The Hall–Kier alpha value is -2.45. The number of benzene rings is 2. The summed E-state index contributed by atoms with van der Waals surface area (Å²) in [5.74, 6) is 1.15. The van der Waals surface area contributed by atoms with Crippen LogP contribution in [0.2, 0.25) is 0 Å². The second-order valence-corrected chi connectivity index (χ2v) is 6.21. The Morgan fingerprint density at radius 3 is 2.00 bits per heavy atom. The van der Waals surface area contributed by atoms with E-state index in [1.807, 2.05) is 0 Å². The van der Waals surface area contributed by atoms with Crippen LogP contribution in [0.1, 0.15) is 0 Å². The third-order valence-electron chi connectivity index (χ3n) is 3.31. The minimum Gasteiger partial charge on any atom is -0.493 e. The van der Waals surface area contributed by atoms with Crippen molar-refractivity contribution in [3.8, 4) is 28.4 Å². The van der Waals surface area contributed by atoms with Gasteiger partial charge in [0.2, 0.25) is 15.8 Å². The third kappa shape index (κ3) is 3.17. The summed E-state index contributed by atoms with van der Waals surface area (Å²) in [6.07, 6.45) is 0. The molecule has 124 valence electrons. The summed E-state index contributed by atoms with van der Waals surface area (Å²) >= 11 is 0. The Balaban J connectivity index is 2.83. The Morgan fingerprint density at radius 1 is 0.870 bits per heavy atom. The molecule has 2 aromatic carbocycles. The molecule has 0 fully saturated rings. The van der Waals surface area contributed by atoms with Crippen LogP contribution >= 0.6 is 0 Å². The van der Waals surface area contributed by atoms with E-state index in [1.54, 1.807) is 24.3 Å². The van der Waals surface area contributed by atoms with Crippen LogP contribution in [0.5, 0.6) is 17.2 Å². The van der Waals surface area contributed by atoms with E-state index < -0.39 is 10.0 Å². The summed E-state index contributed by atoms with van der Waals surface area (Å²) in [6.45, 7) is 0. The van der Waals surface area contributed by atoms with Crippen molar-refractivity contribution < 1.29 is 22.6 Å². The lowest BCUT2D eigenvalue weighted by molar-refractivity contribution is 0.325. The first-order valence-corrected chi connectivity index (χ1v) is 8.09. The molecule has 0 unspecified atom stereocenters. The highest BCUT2D eigenvalue weighted by Crippen LogP contribution is 2.45. The monoisotopic (exact) mass is 338 g/mol. The second-order valence-electron chi connectivity index (χ2n) is 4.68. The van der Waals surface area contributed by atoms with Crippen molar-refractivity contribution in [2.24, 2.45) is 5.14 Å². The lowest BCUT2D eigenvalue weighted by Crippen LogP contribution is -2.14. The van der Waals surface area contributed by atoms with E-state index in [0.717, 1.165) is 0 Å². The van der Waals surface area contributed by atoms with E-state index in [4.69, 9.17) is 25.1 Å². The maximum absolute atomic E-state index is 11.9. The van der Waals surface area contributed by atoms with Crippen molar-refractivity contribution in [3.63, 3.8) is 0 Å². The Labute approximate surface area is 134 Å². The molecule has 2 aromatic rings. The maximum Gasteiger partial charge on any atom is 0.238 e. The highest BCUT2D eigenvalue weighted by atomic mass is 32.2. The van der Waals surface area contributed by atoms with Crippen LogP contribution < -0.4 is 25.1 Å². The molecule has 0 aliphatic heterocycles. The maximum atomic E-state index is 11.9. The molecule has 0 saturated heterocycles. The molecular weight excluding hydrogens is 320 g/mol. The van der Waals surface area contributed by atoms with Gasteiger partial charge < -0.3 is 19.9 Å². The number of methoxy groups -OCH3 is 3. The summed E-state index contributed by atoms with van der Waals surface area (Å²) in [5, 5.41) is 5.30. The molecule has 0 aliphatic rings. The van der Waals surface area contributed by atoms with E-state index in [0.29, 0.717) is 28.4 Å². The summed E-state index contributed by atoms with van der Waals surface area (Å²) in [6, 6.07) is 7.78. The summed E-state index contributed by atoms with van der Waals surface area (Å²) in [7, 11) is 0.443. The first kappa shape index (κ1) is 16.9. The van der Waals surface area contributed by atoms with Gasteiger partial charge in [-0.1, -0.05) is 6.07 Å². The van der Waals surface area contributed by atoms with Gasteiger partial charge in [0.15, 0.2) is 11.5 Å². The smallest absolute Gasteiger partial charge is 0.238 e. The SMILES string of the molecule is COc1ccc(-c2ccc(N)cc2S(N)(=O)=O)c(OC)c1OC. The molecule has 0 aromatic heterocycles. The first-order chi connectivity index (χ1) is 10.8. The number of hydrogen-bond acceptors (Lipinski definition) is 6. The molecule has 7 nitrogen and oxygen atoms in total. The minimum absolute atomic E-state index is 0.0944. The van der Waals surface area contributed by atoms with Crippen LogP contribution in [-0.2, 0) is 10.0 Å². The van der Waals surface area contributed by atoms with Crippen molar-refractivity contribution in [2.75, 3.05) is 27.1 Å². The molecule has 4 N–H and O–H groups in total. The van der Waals surface area contributed by atoms with Gasteiger partial charge in [-0.15, -0.1) is 0 Å². The molecule has 2 rings (SSSR count). The van der Waals surface area contributed by atoms with Crippen LogP contribution in [0.3, 0.4) is 0 Å². The largest absolute Gasteiger partial charge is 0.493 e. The molecule has 0 bridgehead atoms. The zero-order chi connectivity index (χ0) is 17.2. The molecule has 0 amide bonds. The van der Waals surface area contributed by atoms with E-state index >= 15 is 0 Å². The van der Waals surface area contributed by atoms with Gasteiger partial charge in [0, 0.05) is 16.8 Å². The number of anilines is 1. The van der Waals surface area contributed by atoms with Gasteiger partial charge in [-0.2, -0.15) is 0 Å². The number of ether oxygens (including phenoxy) is 3. The van der Waals surface area contributed by atoms with Gasteiger partial charge in [0.1, 0.15) is 0 Å². The van der Waals surface area contributed by atoms with E-state index in [9.17, 15) is 8.42 Å². The quantitative estimate of drug-likeness (QED) is 0.801. The van der Waals surface area contributed by atoms with Crippen molar-refractivity contribution in [1.82, 2.24) is 0 Å². The van der Waals surface area contributed by atoms with Crippen LogP contribution in [0.25, 0.3) is 11.1 Å². The Bertz CT molecular complexity index is 834. The predicted molar refractivity (Wildman–Crippen MR) is 87.3 cm³/mol. The van der Waals surface area contributed by atoms with E-state index in [2.05, 4.69) is 0 Å². The molecule has 0 atom stereocenters. The molecule has 0 heterocycles. The standard InChI is InChI=1S/C15H18N2O5S/c1-20-12-7-6-11(14(21-2)15(12)22-3)10-5-4-9(16)8-13(10)23(17,18)19/h4-8H,16H2,1-3H3,(H2,17,18,19). The molecular formula is C15H18N2O5S. The molecule has 0 radical (unpaired) electrons. The number of primary sulfonamides is 1. The van der Waals surface area contributed by atoms with Crippen molar-refractivity contribution >= 4 is 15.7 Å². The highest BCUT2D eigenvalue weighted by molar-refractivity contribution is 7.89. The number of nitrogen functional groups attached to an aromatic ring is 1. The fourth-order valence-electron chi connectivity index (χ4n) is 2.31. The molecule has 0 spiro atoms. The summed E-state index contributed by atoms with van der Waals surface area (Å²) in [5.41, 5.74) is 6.82. The van der Waals surface area contributed by atoms with Gasteiger partial charge in [-0.3, -0.25) is 0 Å². The van der Waals surface area contributed by atoms with Gasteiger partial charge in [-0.25, -0.2) is 13.6 Å². The first-order valence-electron chi connectivity index (χ1n) is 6.55. The van der Waals surface area contributed by atoms with Gasteiger partial charge >= 0.3 is 0 Å². The topological polar surface area (TPSA) is 114 Å². The lowest BCUT2D eigenvalue weighted by Gasteiger charge is -2.17. The van der Waals surface area contributed by atoms with Crippen molar-refractivity contribution in [2.45, 2.75) is 4.90 Å². The van der Waals surface area contributed by atoms with Gasteiger partial charge in [0.05, 0.1) is 26.2 Å². The lowest BCUT2D eigenvalue weighted by atomic mass is 10.0. The van der Waals surface area contributed by atoms with Gasteiger partial charge in [-0.05, 0) is 24.3 Å². The van der Waals surface area contributed by atoms with Crippen LogP contribution in [0.4, 0.5) is 5.69 Å². The Kier molecular flexibility index (Phi) is 4.67. The zero-order valence-corrected chi connectivity index (χ0v) is 13.8. The number of nitrogens with two attached hydrogens (primary N) is 2. The zero-order valence-electron chi connectivity index (χ0n) is 13.0. The molecule has 8 heteroatoms. The highest BCUT2D eigenvalue weighted by Gasteiger charge is 2.22. The van der Waals surface area contributed by atoms with Crippen LogP contribution in [0.15, 0.2) is 35.2 Å². The third-order valence-corrected chi connectivity index (χ3v) is 4.26. The fourth-order valence-corrected chi connectivity index (χ4v) is 3.10. The second kappa shape index (κ2) is 6.35. The number of sulfonamides is 1. The van der Waals surface area contributed by atoms with E-state index in [1.165, 1.54) is 27.4 Å². The number of rotatable bonds is 5. The Morgan fingerprint density at radius 2 is 1.48 bits per heavy atom. The average molecular weight is 338 g/mol. The normalized spacial score (nSPS) is 11.1. The molecule has 0 saturated carbocycles. The summed E-state index contributed by atoms with van der Waals surface area (Å²) in [4.78, 5) is -0.0944. The number of hydrogen-bond donors (Lipinski definition) is 2. The van der Waals surface area contributed by atoms with Crippen LogP contribution in [-0.4, -0.2) is 29.7 Å². The van der Waals surface area contributed by atoms with Crippen molar-refractivity contribution in [1.29, 1.82) is 0 Å². The van der Waals surface area contributed by atoms with Crippen LogP contribution in [0, 0.1) is 0 Å². The van der Waals surface area contributed by atoms with Crippen molar-refractivity contribution in [3.05, 3.63) is 30.3 Å². The molecule has 0 aliphatic carbocycles. The van der Waals surface area contributed by atoms with E-state index in [-0.39, 0.29) is 10.6 Å². The summed E-state index contributed by atoms with van der Waals surface area (Å²) < 4.78 is 39.7. The van der Waals surface area contributed by atoms with Gasteiger partial charge in [0.25, 0.3) is 0 Å².